The van der Waals surface area contributed by atoms with Crippen molar-refractivity contribution in [2.45, 2.75) is 35.6 Å². The molecule has 1 saturated heterocycles. The van der Waals surface area contributed by atoms with Gasteiger partial charge in [-0.05, 0) is 50.5 Å². The van der Waals surface area contributed by atoms with E-state index in [1.54, 1.807) is 6.07 Å². The third kappa shape index (κ3) is 2.88. The molecule has 2 aliphatic rings. The second-order valence-electron chi connectivity index (χ2n) is 8.15. The summed E-state index contributed by atoms with van der Waals surface area (Å²) >= 11 is 0. The molecule has 4 atom stereocenters. The maximum Gasteiger partial charge on any atom is 0.321 e. The molecule has 0 spiro atoms. The minimum Gasteiger partial charge on any atom is -0.324 e. The number of aromatic nitrogens is 2. The molecule has 1 saturated carbocycles. The standard InChI is InChI=1S/C20H22F2N4O3S/c1-19(22)17-12-26(18(27)25-14-6-8-23-24-11-14)9-7-16(17)20(19,2)30(28,29)15-5-3-4-13(21)10-15/h3-6,8,10-11,16-17H,7,9,12H2,1-2H3,(H,23,25,27). The monoisotopic (exact) mass is 436 g/mol. The summed E-state index contributed by atoms with van der Waals surface area (Å²) in [7, 11) is -4.14. The number of nitrogens with one attached hydrogen (secondary N) is 1. The Morgan fingerprint density at radius 3 is 2.67 bits per heavy atom. The number of fused-ring (bicyclic) bond motifs is 1. The number of likely N-dealkylation sites (tertiary alicyclic amines) is 1. The largest absolute Gasteiger partial charge is 0.324 e. The summed E-state index contributed by atoms with van der Waals surface area (Å²) in [5, 5.41) is 10.0. The van der Waals surface area contributed by atoms with Crippen LogP contribution >= 0.6 is 0 Å². The predicted molar refractivity (Wildman–Crippen MR) is 106 cm³/mol. The molecule has 2 amide bonds. The van der Waals surface area contributed by atoms with Crippen molar-refractivity contribution in [3.8, 4) is 0 Å². The van der Waals surface area contributed by atoms with Crippen molar-refractivity contribution in [1.29, 1.82) is 0 Å². The van der Waals surface area contributed by atoms with Crippen molar-refractivity contribution in [3.05, 3.63) is 48.5 Å². The molecule has 0 radical (unpaired) electrons. The molecule has 2 aromatic rings. The maximum atomic E-state index is 15.9. The minimum atomic E-state index is -4.14. The number of amides is 2. The van der Waals surface area contributed by atoms with Gasteiger partial charge in [0.05, 0.1) is 23.0 Å². The SMILES string of the molecule is CC1(F)C2CN(C(=O)Nc3ccnnc3)CCC2C1(C)S(=O)(=O)c1cccc(F)c1. The lowest BCUT2D eigenvalue weighted by Gasteiger charge is -2.64. The lowest BCUT2D eigenvalue weighted by atomic mass is 9.52. The minimum absolute atomic E-state index is 0.0935. The molecule has 1 aromatic carbocycles. The topological polar surface area (TPSA) is 92.3 Å². The number of carbonyl (C=O) groups is 1. The van der Waals surface area contributed by atoms with E-state index in [9.17, 15) is 17.6 Å². The Balaban J connectivity index is 1.56. The van der Waals surface area contributed by atoms with Crippen molar-refractivity contribution in [2.75, 3.05) is 18.4 Å². The normalized spacial score (nSPS) is 30.9. The molecular formula is C20H22F2N4O3S. The summed E-state index contributed by atoms with van der Waals surface area (Å²) < 4.78 is 54.4. The van der Waals surface area contributed by atoms with Crippen molar-refractivity contribution in [1.82, 2.24) is 15.1 Å². The number of anilines is 1. The summed E-state index contributed by atoms with van der Waals surface area (Å²) in [6.07, 6.45) is 3.17. The molecular weight excluding hydrogens is 414 g/mol. The molecule has 10 heteroatoms. The first kappa shape index (κ1) is 20.6. The summed E-state index contributed by atoms with van der Waals surface area (Å²) in [5.74, 6) is -1.80. The zero-order chi connectivity index (χ0) is 21.7. The summed E-state index contributed by atoms with van der Waals surface area (Å²) in [6, 6.07) is 5.85. The highest BCUT2D eigenvalue weighted by atomic mass is 32.2. The average molecular weight is 436 g/mol. The Morgan fingerprint density at radius 2 is 2.00 bits per heavy atom. The molecule has 1 aliphatic heterocycles. The van der Waals surface area contributed by atoms with Gasteiger partial charge < -0.3 is 10.2 Å². The van der Waals surface area contributed by atoms with E-state index in [4.69, 9.17) is 0 Å². The number of benzene rings is 1. The van der Waals surface area contributed by atoms with E-state index < -0.39 is 43.9 Å². The van der Waals surface area contributed by atoms with Crippen molar-refractivity contribution in [3.63, 3.8) is 0 Å². The lowest BCUT2D eigenvalue weighted by molar-refractivity contribution is -0.130. The third-order valence-corrected chi connectivity index (χ3v) is 9.47. The number of nitrogens with zero attached hydrogens (tertiary/aromatic N) is 3. The van der Waals surface area contributed by atoms with Gasteiger partial charge in [-0.15, -0.1) is 0 Å². The molecule has 30 heavy (non-hydrogen) atoms. The van der Waals surface area contributed by atoms with E-state index in [1.165, 1.54) is 43.3 Å². The predicted octanol–water partition coefficient (Wildman–Crippen LogP) is 3.06. The maximum absolute atomic E-state index is 15.9. The summed E-state index contributed by atoms with van der Waals surface area (Å²) in [4.78, 5) is 13.8. The Kier molecular flexibility index (Phi) is 4.80. The Bertz CT molecular complexity index is 1080. The van der Waals surface area contributed by atoms with E-state index >= 15 is 4.39 Å². The number of urea groups is 1. The molecule has 160 valence electrons. The number of rotatable bonds is 3. The molecule has 0 bridgehead atoms. The lowest BCUT2D eigenvalue weighted by Crippen LogP contribution is -2.77. The highest BCUT2D eigenvalue weighted by Crippen LogP contribution is 2.62. The van der Waals surface area contributed by atoms with E-state index in [2.05, 4.69) is 15.5 Å². The quantitative estimate of drug-likeness (QED) is 0.798. The van der Waals surface area contributed by atoms with E-state index in [1.807, 2.05) is 0 Å². The first-order chi connectivity index (χ1) is 14.1. The first-order valence-corrected chi connectivity index (χ1v) is 11.1. The van der Waals surface area contributed by atoms with Crippen LogP contribution in [0.25, 0.3) is 0 Å². The number of carbonyl (C=O) groups excluding carboxylic acids is 1. The Labute approximate surface area is 173 Å². The molecule has 1 N–H and O–H groups in total. The second kappa shape index (κ2) is 6.97. The van der Waals surface area contributed by atoms with E-state index in [-0.39, 0.29) is 18.0 Å². The average Bonchev–Trinajstić information content (AvgIpc) is 2.73. The van der Waals surface area contributed by atoms with Gasteiger partial charge in [-0.25, -0.2) is 22.0 Å². The molecule has 2 fully saturated rings. The van der Waals surface area contributed by atoms with Crippen LogP contribution in [0.15, 0.2) is 47.6 Å². The number of piperidine rings is 1. The van der Waals surface area contributed by atoms with Gasteiger partial charge in [0, 0.05) is 19.0 Å². The number of hydrogen-bond donors (Lipinski definition) is 1. The fourth-order valence-corrected chi connectivity index (χ4v) is 7.26. The highest BCUT2D eigenvalue weighted by Gasteiger charge is 2.75. The number of alkyl halides is 1. The molecule has 4 unspecified atom stereocenters. The molecule has 2 heterocycles. The smallest absolute Gasteiger partial charge is 0.321 e. The molecule has 7 nitrogen and oxygen atoms in total. The number of sulfone groups is 1. The van der Waals surface area contributed by atoms with Gasteiger partial charge in [0.2, 0.25) is 0 Å². The van der Waals surface area contributed by atoms with Gasteiger partial charge >= 0.3 is 6.03 Å². The van der Waals surface area contributed by atoms with Crippen molar-refractivity contribution >= 4 is 21.6 Å². The molecule has 1 aliphatic carbocycles. The van der Waals surface area contributed by atoms with Crippen LogP contribution in [0.2, 0.25) is 0 Å². The summed E-state index contributed by atoms with van der Waals surface area (Å²) in [6.45, 7) is 3.04. The van der Waals surface area contributed by atoms with Crippen LogP contribution in [0, 0.1) is 17.7 Å². The van der Waals surface area contributed by atoms with Crippen molar-refractivity contribution in [2.24, 2.45) is 11.8 Å². The fourth-order valence-electron chi connectivity index (χ4n) is 4.89. The van der Waals surface area contributed by atoms with Gasteiger partial charge in [0.15, 0.2) is 9.84 Å². The van der Waals surface area contributed by atoms with Crippen molar-refractivity contribution < 1.29 is 22.0 Å². The molecule has 1 aromatic heterocycles. The van der Waals surface area contributed by atoms with Crippen LogP contribution < -0.4 is 5.32 Å². The van der Waals surface area contributed by atoms with Crippen LogP contribution in [-0.2, 0) is 9.84 Å². The van der Waals surface area contributed by atoms with E-state index in [0.717, 1.165) is 12.1 Å². The summed E-state index contributed by atoms with van der Waals surface area (Å²) in [5.41, 5.74) is -1.62. The fraction of sp³-hybridized carbons (Fsp3) is 0.450. The van der Waals surface area contributed by atoms with Crippen LogP contribution in [0.1, 0.15) is 20.3 Å². The Morgan fingerprint density at radius 1 is 1.23 bits per heavy atom. The zero-order valence-electron chi connectivity index (χ0n) is 16.5. The van der Waals surface area contributed by atoms with Gasteiger partial charge in [0.25, 0.3) is 0 Å². The van der Waals surface area contributed by atoms with Crippen LogP contribution in [0.3, 0.4) is 0 Å². The highest BCUT2D eigenvalue weighted by molar-refractivity contribution is 7.93. The number of halogens is 2. The van der Waals surface area contributed by atoms with Gasteiger partial charge in [0.1, 0.15) is 16.2 Å². The van der Waals surface area contributed by atoms with Crippen LogP contribution in [-0.4, -0.2) is 53.1 Å². The first-order valence-electron chi connectivity index (χ1n) is 9.61. The van der Waals surface area contributed by atoms with Crippen LogP contribution in [0.5, 0.6) is 0 Å². The third-order valence-electron chi connectivity index (χ3n) is 6.77. The van der Waals surface area contributed by atoms with Crippen LogP contribution in [0.4, 0.5) is 19.3 Å². The second-order valence-corrected chi connectivity index (χ2v) is 10.5. The van der Waals surface area contributed by atoms with Gasteiger partial charge in [-0.1, -0.05) is 6.07 Å². The van der Waals surface area contributed by atoms with Gasteiger partial charge in [-0.3, -0.25) is 0 Å². The number of hydrogen-bond acceptors (Lipinski definition) is 5. The molecule has 4 rings (SSSR count). The van der Waals surface area contributed by atoms with E-state index in [0.29, 0.717) is 12.1 Å². The zero-order valence-corrected chi connectivity index (χ0v) is 17.4. The van der Waals surface area contributed by atoms with Gasteiger partial charge in [-0.2, -0.15) is 10.2 Å². The Hall–Kier alpha value is -2.62.